The van der Waals surface area contributed by atoms with Crippen molar-refractivity contribution in [2.45, 2.75) is 52.5 Å². The molecule has 0 aromatic heterocycles. The van der Waals surface area contributed by atoms with Crippen LogP contribution in [0, 0.1) is 6.92 Å². The number of unbranched alkanes of at least 4 members (excludes halogenated alkanes) is 2. The van der Waals surface area contributed by atoms with Gasteiger partial charge < -0.3 is 10.8 Å². The van der Waals surface area contributed by atoms with Gasteiger partial charge in [-0.25, -0.2) is 0 Å². The van der Waals surface area contributed by atoms with Gasteiger partial charge in [0.25, 0.3) is 0 Å². The van der Waals surface area contributed by atoms with Gasteiger partial charge >= 0.3 is 0 Å². The zero-order chi connectivity index (χ0) is 15.9. The molecule has 22 heavy (non-hydrogen) atoms. The fraction of sp³-hybridized carbons (Fsp3) is 0.400. The monoisotopic (exact) mass is 297 g/mol. The fourth-order valence-electron chi connectivity index (χ4n) is 3.01. The van der Waals surface area contributed by atoms with Crippen LogP contribution in [0.5, 0.6) is 5.75 Å². The van der Waals surface area contributed by atoms with E-state index in [0.717, 1.165) is 36.0 Å². The summed E-state index contributed by atoms with van der Waals surface area (Å²) in [5.74, 6) is 0.458. The van der Waals surface area contributed by atoms with Gasteiger partial charge in [0.2, 0.25) is 0 Å². The van der Waals surface area contributed by atoms with Gasteiger partial charge in [-0.05, 0) is 54.0 Å². The molecule has 0 aliphatic heterocycles. The maximum Gasteiger partial charge on any atom is 0.121 e. The standard InChI is InChI=1S/C20H27NO/c1-3-4-6-11-18-19(13-16-9-7-5-8-10-16)17(14-21)12-15(2)20(18)22/h5,7-10,12,22H,3-4,6,11,13-14,21H2,1-2H3. The summed E-state index contributed by atoms with van der Waals surface area (Å²) in [4.78, 5) is 0. The first-order valence-electron chi connectivity index (χ1n) is 8.24. The molecule has 2 nitrogen and oxygen atoms in total. The molecule has 0 fully saturated rings. The van der Waals surface area contributed by atoms with Crippen LogP contribution in [0.4, 0.5) is 0 Å². The highest BCUT2D eigenvalue weighted by molar-refractivity contribution is 5.51. The van der Waals surface area contributed by atoms with E-state index < -0.39 is 0 Å². The Morgan fingerprint density at radius 3 is 2.41 bits per heavy atom. The van der Waals surface area contributed by atoms with Gasteiger partial charge in [0.05, 0.1) is 0 Å². The number of hydrogen-bond acceptors (Lipinski definition) is 2. The quantitative estimate of drug-likeness (QED) is 0.740. The van der Waals surface area contributed by atoms with Gasteiger partial charge in [0.15, 0.2) is 0 Å². The molecular formula is C20H27NO. The summed E-state index contributed by atoms with van der Waals surface area (Å²) in [7, 11) is 0. The van der Waals surface area contributed by atoms with Crippen molar-refractivity contribution in [3.8, 4) is 5.75 Å². The predicted octanol–water partition coefficient (Wildman–Crippen LogP) is 4.48. The lowest BCUT2D eigenvalue weighted by Gasteiger charge is -2.18. The second-order valence-electron chi connectivity index (χ2n) is 5.98. The Labute approximate surface area is 134 Å². The largest absolute Gasteiger partial charge is 0.507 e. The van der Waals surface area contributed by atoms with E-state index in [2.05, 4.69) is 31.2 Å². The molecule has 0 heterocycles. The van der Waals surface area contributed by atoms with E-state index in [0.29, 0.717) is 12.3 Å². The maximum absolute atomic E-state index is 10.5. The van der Waals surface area contributed by atoms with Crippen molar-refractivity contribution in [1.82, 2.24) is 0 Å². The van der Waals surface area contributed by atoms with Crippen LogP contribution < -0.4 is 5.73 Å². The second-order valence-corrected chi connectivity index (χ2v) is 5.98. The summed E-state index contributed by atoms with van der Waals surface area (Å²) in [5.41, 5.74) is 11.6. The van der Waals surface area contributed by atoms with Crippen LogP contribution in [-0.2, 0) is 19.4 Å². The van der Waals surface area contributed by atoms with Crippen molar-refractivity contribution in [3.63, 3.8) is 0 Å². The summed E-state index contributed by atoms with van der Waals surface area (Å²) >= 11 is 0. The zero-order valence-electron chi connectivity index (χ0n) is 13.7. The molecule has 0 atom stereocenters. The van der Waals surface area contributed by atoms with Crippen molar-refractivity contribution in [3.05, 3.63) is 64.2 Å². The summed E-state index contributed by atoms with van der Waals surface area (Å²) in [6.45, 7) is 4.68. The Morgan fingerprint density at radius 1 is 1.05 bits per heavy atom. The molecule has 2 aromatic carbocycles. The highest BCUT2D eigenvalue weighted by atomic mass is 16.3. The van der Waals surface area contributed by atoms with Crippen LogP contribution >= 0.6 is 0 Å². The topological polar surface area (TPSA) is 46.2 Å². The molecule has 0 unspecified atom stereocenters. The minimum atomic E-state index is 0.458. The van der Waals surface area contributed by atoms with Gasteiger partial charge in [-0.3, -0.25) is 0 Å². The van der Waals surface area contributed by atoms with E-state index in [1.54, 1.807) is 0 Å². The Morgan fingerprint density at radius 2 is 1.77 bits per heavy atom. The zero-order valence-corrected chi connectivity index (χ0v) is 13.7. The molecular weight excluding hydrogens is 270 g/mol. The van der Waals surface area contributed by atoms with E-state index in [-0.39, 0.29) is 0 Å². The Bertz CT molecular complexity index is 605. The molecule has 2 rings (SSSR count). The van der Waals surface area contributed by atoms with Gasteiger partial charge in [0.1, 0.15) is 5.75 Å². The van der Waals surface area contributed by atoms with E-state index in [9.17, 15) is 5.11 Å². The first-order valence-corrected chi connectivity index (χ1v) is 8.24. The van der Waals surface area contributed by atoms with Crippen molar-refractivity contribution in [2.24, 2.45) is 5.73 Å². The van der Waals surface area contributed by atoms with Crippen molar-refractivity contribution >= 4 is 0 Å². The number of phenols is 1. The Balaban J connectivity index is 2.41. The molecule has 0 bridgehead atoms. The van der Waals surface area contributed by atoms with E-state index >= 15 is 0 Å². The Hall–Kier alpha value is -1.80. The smallest absolute Gasteiger partial charge is 0.121 e. The summed E-state index contributed by atoms with van der Waals surface area (Å²) in [5, 5.41) is 10.5. The van der Waals surface area contributed by atoms with E-state index in [4.69, 9.17) is 5.73 Å². The predicted molar refractivity (Wildman–Crippen MR) is 93.2 cm³/mol. The molecule has 2 aromatic rings. The number of nitrogens with two attached hydrogens (primary N) is 1. The molecule has 0 saturated carbocycles. The number of benzene rings is 2. The van der Waals surface area contributed by atoms with Crippen LogP contribution in [0.25, 0.3) is 0 Å². The van der Waals surface area contributed by atoms with Gasteiger partial charge in [0, 0.05) is 6.54 Å². The number of hydrogen-bond donors (Lipinski definition) is 2. The van der Waals surface area contributed by atoms with Gasteiger partial charge in [-0.15, -0.1) is 0 Å². The molecule has 0 spiro atoms. The third-order valence-corrected chi connectivity index (χ3v) is 4.28. The van der Waals surface area contributed by atoms with Crippen LogP contribution in [-0.4, -0.2) is 5.11 Å². The average Bonchev–Trinajstić information content (AvgIpc) is 2.54. The maximum atomic E-state index is 10.5. The first kappa shape index (κ1) is 16.6. The van der Waals surface area contributed by atoms with E-state index in [1.807, 2.05) is 19.1 Å². The molecule has 0 radical (unpaired) electrons. The van der Waals surface area contributed by atoms with Crippen molar-refractivity contribution < 1.29 is 5.11 Å². The minimum absolute atomic E-state index is 0.458. The van der Waals surface area contributed by atoms with Crippen LogP contribution in [0.3, 0.4) is 0 Å². The van der Waals surface area contributed by atoms with Crippen molar-refractivity contribution in [2.75, 3.05) is 0 Å². The molecule has 0 saturated heterocycles. The lowest BCUT2D eigenvalue weighted by atomic mass is 9.89. The number of aryl methyl sites for hydroxylation is 1. The average molecular weight is 297 g/mol. The summed E-state index contributed by atoms with van der Waals surface area (Å²) < 4.78 is 0. The van der Waals surface area contributed by atoms with E-state index in [1.165, 1.54) is 24.0 Å². The number of rotatable bonds is 7. The molecule has 0 aliphatic rings. The molecule has 3 N–H and O–H groups in total. The Kier molecular flexibility index (Phi) is 6.02. The summed E-state index contributed by atoms with van der Waals surface area (Å²) in [6.07, 6.45) is 5.25. The van der Waals surface area contributed by atoms with Crippen molar-refractivity contribution in [1.29, 1.82) is 0 Å². The minimum Gasteiger partial charge on any atom is -0.507 e. The third kappa shape index (κ3) is 3.89. The highest BCUT2D eigenvalue weighted by Gasteiger charge is 2.15. The normalized spacial score (nSPS) is 10.9. The fourth-order valence-corrected chi connectivity index (χ4v) is 3.01. The summed E-state index contributed by atoms with van der Waals surface area (Å²) in [6, 6.07) is 12.4. The molecule has 118 valence electrons. The van der Waals surface area contributed by atoms with Crippen LogP contribution in [0.1, 0.15) is 54.0 Å². The second kappa shape index (κ2) is 8.00. The number of aromatic hydroxyl groups is 1. The van der Waals surface area contributed by atoms with Crippen LogP contribution in [0.15, 0.2) is 36.4 Å². The third-order valence-electron chi connectivity index (χ3n) is 4.28. The van der Waals surface area contributed by atoms with Crippen LogP contribution in [0.2, 0.25) is 0 Å². The highest BCUT2D eigenvalue weighted by Crippen LogP contribution is 2.32. The van der Waals surface area contributed by atoms with Gasteiger partial charge in [-0.1, -0.05) is 56.2 Å². The number of phenolic OH excluding ortho intramolecular Hbond substituents is 1. The van der Waals surface area contributed by atoms with Gasteiger partial charge in [-0.2, -0.15) is 0 Å². The first-order chi connectivity index (χ1) is 10.7. The lowest BCUT2D eigenvalue weighted by Crippen LogP contribution is -2.08. The lowest BCUT2D eigenvalue weighted by molar-refractivity contribution is 0.460. The molecule has 0 amide bonds. The molecule has 0 aliphatic carbocycles. The SMILES string of the molecule is CCCCCc1c(O)c(C)cc(CN)c1Cc1ccccc1. The molecule has 2 heteroatoms.